The summed E-state index contributed by atoms with van der Waals surface area (Å²) in [6, 6.07) is 0. The van der Waals surface area contributed by atoms with Gasteiger partial charge in [0.25, 0.3) is 0 Å². The first-order chi connectivity index (χ1) is 4.47. The van der Waals surface area contributed by atoms with Gasteiger partial charge in [-0.2, -0.15) is 0 Å². The van der Waals surface area contributed by atoms with Crippen LogP contribution in [0.3, 0.4) is 0 Å². The largest absolute Gasteiger partial charge is 0.372 e. The van der Waals surface area contributed by atoms with E-state index >= 15 is 0 Å². The van der Waals surface area contributed by atoms with E-state index in [-0.39, 0.29) is 0 Å². The highest BCUT2D eigenvalue weighted by Crippen LogP contribution is 2.35. The standard InChI is InChI=1S/C8H13O/c1-2-4-8-7(3-1)5-6-9-8/h6-8H,1-5H2. The van der Waals surface area contributed by atoms with Crippen LogP contribution in [0.5, 0.6) is 0 Å². The number of rotatable bonds is 0. The average molecular weight is 125 g/mol. The third-order valence-corrected chi connectivity index (χ3v) is 2.51. The predicted molar refractivity (Wildman–Crippen MR) is 35.7 cm³/mol. The normalized spacial score (nSPS) is 42.7. The Morgan fingerprint density at radius 2 is 2.11 bits per heavy atom. The maximum absolute atomic E-state index is 5.43. The number of hydrogen-bond donors (Lipinski definition) is 0. The van der Waals surface area contributed by atoms with E-state index in [2.05, 4.69) is 0 Å². The lowest BCUT2D eigenvalue weighted by molar-refractivity contribution is 0.0934. The summed E-state index contributed by atoms with van der Waals surface area (Å²) in [6.45, 7) is 2.00. The Hall–Kier alpha value is -0.0400. The third-order valence-electron chi connectivity index (χ3n) is 2.51. The van der Waals surface area contributed by atoms with Gasteiger partial charge in [0.15, 0.2) is 0 Å². The Morgan fingerprint density at radius 1 is 1.22 bits per heavy atom. The van der Waals surface area contributed by atoms with Crippen molar-refractivity contribution in [2.75, 3.05) is 0 Å². The van der Waals surface area contributed by atoms with E-state index in [1.807, 2.05) is 6.61 Å². The zero-order valence-electron chi connectivity index (χ0n) is 5.68. The van der Waals surface area contributed by atoms with Crippen LogP contribution in [0.2, 0.25) is 0 Å². The molecule has 1 saturated carbocycles. The van der Waals surface area contributed by atoms with Crippen molar-refractivity contribution in [1.29, 1.82) is 0 Å². The Balaban J connectivity index is 1.97. The summed E-state index contributed by atoms with van der Waals surface area (Å²) >= 11 is 0. The van der Waals surface area contributed by atoms with Gasteiger partial charge in [-0.3, -0.25) is 0 Å². The van der Waals surface area contributed by atoms with Crippen LogP contribution in [0.15, 0.2) is 0 Å². The lowest BCUT2D eigenvalue weighted by Gasteiger charge is -2.22. The highest BCUT2D eigenvalue weighted by molar-refractivity contribution is 4.84. The van der Waals surface area contributed by atoms with Crippen LogP contribution < -0.4 is 0 Å². The van der Waals surface area contributed by atoms with Crippen molar-refractivity contribution in [2.24, 2.45) is 5.92 Å². The highest BCUT2D eigenvalue weighted by Gasteiger charge is 2.30. The fourth-order valence-electron chi connectivity index (χ4n) is 1.93. The van der Waals surface area contributed by atoms with Gasteiger partial charge in [-0.15, -0.1) is 0 Å². The van der Waals surface area contributed by atoms with Gasteiger partial charge in [-0.1, -0.05) is 12.8 Å². The van der Waals surface area contributed by atoms with Crippen LogP contribution in [0.1, 0.15) is 32.1 Å². The van der Waals surface area contributed by atoms with Crippen LogP contribution in [0.4, 0.5) is 0 Å². The summed E-state index contributed by atoms with van der Waals surface area (Å²) < 4.78 is 5.43. The van der Waals surface area contributed by atoms with Crippen molar-refractivity contribution in [3.8, 4) is 0 Å². The van der Waals surface area contributed by atoms with E-state index < -0.39 is 0 Å². The second kappa shape index (κ2) is 2.30. The fourth-order valence-corrected chi connectivity index (χ4v) is 1.93. The summed E-state index contributed by atoms with van der Waals surface area (Å²) in [4.78, 5) is 0. The van der Waals surface area contributed by atoms with Gasteiger partial charge in [0.2, 0.25) is 0 Å². The molecule has 51 valence electrons. The summed E-state index contributed by atoms with van der Waals surface area (Å²) in [5.74, 6) is 0.888. The van der Waals surface area contributed by atoms with Gasteiger partial charge < -0.3 is 4.74 Å². The van der Waals surface area contributed by atoms with Crippen molar-refractivity contribution in [2.45, 2.75) is 38.2 Å². The first kappa shape index (κ1) is 5.72. The molecule has 1 heteroatoms. The Bertz CT molecular complexity index is 88.7. The molecule has 1 nitrogen and oxygen atoms in total. The number of hydrogen-bond acceptors (Lipinski definition) is 1. The molecule has 0 spiro atoms. The van der Waals surface area contributed by atoms with Gasteiger partial charge in [0.1, 0.15) is 0 Å². The van der Waals surface area contributed by atoms with E-state index in [9.17, 15) is 0 Å². The number of fused-ring (bicyclic) bond motifs is 1. The zero-order valence-corrected chi connectivity index (χ0v) is 5.68. The molecule has 2 atom stereocenters. The molecular weight excluding hydrogens is 112 g/mol. The monoisotopic (exact) mass is 125 g/mol. The molecule has 1 radical (unpaired) electrons. The Morgan fingerprint density at radius 3 is 3.00 bits per heavy atom. The quantitative estimate of drug-likeness (QED) is 0.482. The van der Waals surface area contributed by atoms with E-state index in [4.69, 9.17) is 4.74 Å². The number of ether oxygens (including phenoxy) is 1. The molecule has 1 aliphatic heterocycles. The maximum atomic E-state index is 5.43. The van der Waals surface area contributed by atoms with Gasteiger partial charge in [-0.05, 0) is 25.2 Å². The van der Waals surface area contributed by atoms with Crippen molar-refractivity contribution < 1.29 is 4.74 Å². The molecule has 2 rings (SSSR count). The molecule has 0 aromatic rings. The van der Waals surface area contributed by atoms with Crippen LogP contribution in [0, 0.1) is 12.5 Å². The second-order valence-corrected chi connectivity index (χ2v) is 3.12. The summed E-state index contributed by atoms with van der Waals surface area (Å²) in [7, 11) is 0. The minimum Gasteiger partial charge on any atom is -0.372 e. The van der Waals surface area contributed by atoms with Gasteiger partial charge in [0.05, 0.1) is 12.7 Å². The maximum Gasteiger partial charge on any atom is 0.0844 e. The van der Waals surface area contributed by atoms with E-state index in [0.29, 0.717) is 6.10 Å². The molecule has 1 saturated heterocycles. The topological polar surface area (TPSA) is 9.23 Å². The molecule has 1 aliphatic carbocycles. The lowest BCUT2D eigenvalue weighted by atomic mass is 9.86. The molecule has 2 aliphatic rings. The molecule has 0 aromatic carbocycles. The third kappa shape index (κ3) is 0.983. The molecule has 2 fully saturated rings. The van der Waals surface area contributed by atoms with Crippen LogP contribution in [0.25, 0.3) is 0 Å². The van der Waals surface area contributed by atoms with Crippen molar-refractivity contribution in [3.05, 3.63) is 6.61 Å². The first-order valence-corrected chi connectivity index (χ1v) is 3.94. The molecule has 2 unspecified atom stereocenters. The highest BCUT2D eigenvalue weighted by atomic mass is 16.5. The molecule has 0 aromatic heterocycles. The van der Waals surface area contributed by atoms with Gasteiger partial charge >= 0.3 is 0 Å². The smallest absolute Gasteiger partial charge is 0.0844 e. The molecule has 1 heterocycles. The minimum absolute atomic E-state index is 0.610. The summed E-state index contributed by atoms with van der Waals surface area (Å²) in [6.07, 6.45) is 7.35. The SMILES string of the molecule is [CH]1CC2CCCCC2O1. The Labute approximate surface area is 56.4 Å². The van der Waals surface area contributed by atoms with E-state index in [1.54, 1.807) is 0 Å². The first-order valence-electron chi connectivity index (χ1n) is 3.94. The van der Waals surface area contributed by atoms with Crippen LogP contribution in [-0.2, 0) is 4.74 Å². The second-order valence-electron chi connectivity index (χ2n) is 3.12. The summed E-state index contributed by atoms with van der Waals surface area (Å²) in [5, 5.41) is 0. The van der Waals surface area contributed by atoms with Gasteiger partial charge in [0, 0.05) is 0 Å². The fraction of sp³-hybridized carbons (Fsp3) is 0.875. The lowest BCUT2D eigenvalue weighted by Crippen LogP contribution is -2.19. The molecule has 9 heavy (non-hydrogen) atoms. The van der Waals surface area contributed by atoms with E-state index in [1.165, 1.54) is 32.1 Å². The minimum atomic E-state index is 0.610. The zero-order chi connectivity index (χ0) is 6.10. The van der Waals surface area contributed by atoms with Gasteiger partial charge in [-0.25, -0.2) is 0 Å². The average Bonchev–Trinajstić information content (AvgIpc) is 2.33. The molecule has 0 bridgehead atoms. The van der Waals surface area contributed by atoms with Crippen LogP contribution >= 0.6 is 0 Å². The van der Waals surface area contributed by atoms with Crippen molar-refractivity contribution in [1.82, 2.24) is 0 Å². The molecule has 0 amide bonds. The molecule has 0 N–H and O–H groups in total. The predicted octanol–water partition coefficient (Wildman–Crippen LogP) is 2.13. The van der Waals surface area contributed by atoms with Crippen molar-refractivity contribution >= 4 is 0 Å². The Kier molecular flexibility index (Phi) is 1.46. The van der Waals surface area contributed by atoms with Crippen LogP contribution in [-0.4, -0.2) is 6.10 Å². The van der Waals surface area contributed by atoms with E-state index in [0.717, 1.165) is 5.92 Å². The molecular formula is C8H13O. The van der Waals surface area contributed by atoms with Crippen molar-refractivity contribution in [3.63, 3.8) is 0 Å². The summed E-state index contributed by atoms with van der Waals surface area (Å²) in [5.41, 5.74) is 0.